The molecular formula is C20H21NO5. The van der Waals surface area contributed by atoms with Crippen molar-refractivity contribution in [3.63, 3.8) is 0 Å². The molecule has 1 unspecified atom stereocenters. The molecule has 0 radical (unpaired) electrons. The number of anilines is 1. The van der Waals surface area contributed by atoms with Crippen LogP contribution in [0.2, 0.25) is 0 Å². The summed E-state index contributed by atoms with van der Waals surface area (Å²) in [6, 6.07) is 12.4. The lowest BCUT2D eigenvalue weighted by molar-refractivity contribution is -0.125. The molecule has 2 aromatic carbocycles. The van der Waals surface area contributed by atoms with Gasteiger partial charge in [-0.2, -0.15) is 0 Å². The fourth-order valence-electron chi connectivity index (χ4n) is 2.89. The molecule has 1 atom stereocenters. The number of carbonyl (C=O) groups is 2. The van der Waals surface area contributed by atoms with Gasteiger partial charge in [0.1, 0.15) is 11.5 Å². The van der Waals surface area contributed by atoms with Crippen molar-refractivity contribution < 1.29 is 24.2 Å². The van der Waals surface area contributed by atoms with Crippen LogP contribution in [0.15, 0.2) is 42.5 Å². The highest BCUT2D eigenvalue weighted by Crippen LogP contribution is 2.35. The van der Waals surface area contributed by atoms with Crippen molar-refractivity contribution in [3.8, 4) is 11.5 Å². The average Bonchev–Trinajstić information content (AvgIpc) is 2.61. The van der Waals surface area contributed by atoms with E-state index in [-0.39, 0.29) is 11.5 Å². The maximum Gasteiger partial charge on any atom is 0.335 e. The van der Waals surface area contributed by atoms with E-state index >= 15 is 0 Å². The largest absolute Gasteiger partial charge is 0.494 e. The van der Waals surface area contributed by atoms with E-state index in [2.05, 4.69) is 0 Å². The van der Waals surface area contributed by atoms with Crippen LogP contribution in [0.25, 0.3) is 0 Å². The second-order valence-corrected chi connectivity index (χ2v) is 6.26. The van der Waals surface area contributed by atoms with Gasteiger partial charge in [-0.05, 0) is 56.2 Å². The highest BCUT2D eigenvalue weighted by molar-refractivity contribution is 6.00. The highest BCUT2D eigenvalue weighted by Gasteiger charge is 2.31. The van der Waals surface area contributed by atoms with E-state index in [1.54, 1.807) is 17.9 Å². The van der Waals surface area contributed by atoms with Crippen molar-refractivity contribution in [1.82, 2.24) is 0 Å². The summed E-state index contributed by atoms with van der Waals surface area (Å²) in [5.74, 6) is 0.0463. The molecule has 0 aliphatic carbocycles. The summed E-state index contributed by atoms with van der Waals surface area (Å²) >= 11 is 0. The van der Waals surface area contributed by atoms with E-state index in [0.29, 0.717) is 31.0 Å². The van der Waals surface area contributed by atoms with Gasteiger partial charge in [0.2, 0.25) is 0 Å². The first kappa shape index (κ1) is 17.8. The molecule has 0 saturated carbocycles. The molecule has 0 spiro atoms. The number of ether oxygens (including phenoxy) is 2. The molecule has 0 aromatic heterocycles. The number of fused-ring (bicyclic) bond motifs is 1. The molecule has 136 valence electrons. The molecule has 6 heteroatoms. The molecule has 6 nitrogen and oxygen atoms in total. The fraction of sp³-hybridized carbons (Fsp3) is 0.300. The first-order valence-corrected chi connectivity index (χ1v) is 8.50. The van der Waals surface area contributed by atoms with E-state index in [0.717, 1.165) is 11.3 Å². The van der Waals surface area contributed by atoms with Crippen LogP contribution in [-0.2, 0) is 4.79 Å². The number of carbonyl (C=O) groups excluding carboxylic acids is 1. The zero-order chi connectivity index (χ0) is 18.7. The van der Waals surface area contributed by atoms with Crippen LogP contribution < -0.4 is 14.4 Å². The normalized spacial score (nSPS) is 16.0. The third-order valence-electron chi connectivity index (χ3n) is 4.20. The standard InChI is InChI=1S/C20H21NO5/c1-13-5-3-6-16(11-13)25-10-4-9-21-17-8-7-15(20(23)24)12-18(17)26-14(2)19(21)22/h3,5-8,11-12,14H,4,9-10H2,1-2H3,(H,23,24). The van der Waals surface area contributed by atoms with E-state index in [1.165, 1.54) is 12.1 Å². The molecule has 3 rings (SSSR count). The topological polar surface area (TPSA) is 76.1 Å². The minimum atomic E-state index is -1.03. The Labute approximate surface area is 152 Å². The lowest BCUT2D eigenvalue weighted by Gasteiger charge is -2.33. The molecule has 0 saturated heterocycles. The molecule has 2 aromatic rings. The Morgan fingerprint density at radius 3 is 2.81 bits per heavy atom. The maximum atomic E-state index is 12.5. The summed E-state index contributed by atoms with van der Waals surface area (Å²) in [6.07, 6.45) is -0.00349. The fourth-order valence-corrected chi connectivity index (χ4v) is 2.89. The van der Waals surface area contributed by atoms with Crippen LogP contribution in [0.5, 0.6) is 11.5 Å². The summed E-state index contributed by atoms with van der Waals surface area (Å²) in [6.45, 7) is 4.61. The monoisotopic (exact) mass is 355 g/mol. The van der Waals surface area contributed by atoms with Crippen molar-refractivity contribution in [1.29, 1.82) is 0 Å². The Morgan fingerprint density at radius 1 is 1.27 bits per heavy atom. The smallest absolute Gasteiger partial charge is 0.335 e. The van der Waals surface area contributed by atoms with Crippen LogP contribution in [0, 0.1) is 6.92 Å². The number of carboxylic acid groups (broad SMARTS) is 1. The molecule has 1 aliphatic rings. The summed E-state index contributed by atoms with van der Waals surface area (Å²) in [5, 5.41) is 9.12. The Morgan fingerprint density at radius 2 is 2.08 bits per heavy atom. The minimum Gasteiger partial charge on any atom is -0.494 e. The molecule has 1 heterocycles. The lowest BCUT2D eigenvalue weighted by Crippen LogP contribution is -2.45. The molecule has 1 N–H and O–H groups in total. The van der Waals surface area contributed by atoms with Gasteiger partial charge in [-0.3, -0.25) is 4.79 Å². The second-order valence-electron chi connectivity index (χ2n) is 6.26. The number of nitrogens with zero attached hydrogens (tertiary/aromatic N) is 1. The number of hydrogen-bond donors (Lipinski definition) is 1. The molecule has 1 aliphatic heterocycles. The Balaban J connectivity index is 1.67. The predicted octanol–water partition coefficient (Wildman–Crippen LogP) is 3.28. The zero-order valence-corrected chi connectivity index (χ0v) is 14.8. The average molecular weight is 355 g/mol. The van der Waals surface area contributed by atoms with Gasteiger partial charge in [-0.1, -0.05) is 12.1 Å². The number of aryl methyl sites for hydroxylation is 1. The maximum absolute atomic E-state index is 12.5. The van der Waals surface area contributed by atoms with Gasteiger partial charge in [-0.25, -0.2) is 4.79 Å². The summed E-state index contributed by atoms with van der Waals surface area (Å²) in [5.41, 5.74) is 1.85. The van der Waals surface area contributed by atoms with Crippen molar-refractivity contribution >= 4 is 17.6 Å². The van der Waals surface area contributed by atoms with Gasteiger partial charge in [-0.15, -0.1) is 0 Å². The molecule has 0 fully saturated rings. The van der Waals surface area contributed by atoms with Gasteiger partial charge < -0.3 is 19.5 Å². The Bertz CT molecular complexity index is 833. The summed E-state index contributed by atoms with van der Waals surface area (Å²) < 4.78 is 11.3. The van der Waals surface area contributed by atoms with E-state index in [4.69, 9.17) is 14.6 Å². The third kappa shape index (κ3) is 3.79. The van der Waals surface area contributed by atoms with Gasteiger partial charge in [0.25, 0.3) is 5.91 Å². The zero-order valence-electron chi connectivity index (χ0n) is 14.8. The van der Waals surface area contributed by atoms with Crippen LogP contribution in [0.3, 0.4) is 0 Å². The van der Waals surface area contributed by atoms with E-state index in [9.17, 15) is 9.59 Å². The molecule has 1 amide bonds. The number of rotatable bonds is 6. The quantitative estimate of drug-likeness (QED) is 0.805. The van der Waals surface area contributed by atoms with Crippen molar-refractivity contribution in [2.45, 2.75) is 26.4 Å². The summed E-state index contributed by atoms with van der Waals surface area (Å²) in [4.78, 5) is 25.2. The van der Waals surface area contributed by atoms with Crippen LogP contribution >= 0.6 is 0 Å². The summed E-state index contributed by atoms with van der Waals surface area (Å²) in [7, 11) is 0. The van der Waals surface area contributed by atoms with Gasteiger partial charge >= 0.3 is 5.97 Å². The van der Waals surface area contributed by atoms with Crippen molar-refractivity contribution in [3.05, 3.63) is 53.6 Å². The Kier molecular flexibility index (Phi) is 5.11. The first-order valence-electron chi connectivity index (χ1n) is 8.50. The number of benzene rings is 2. The van der Waals surface area contributed by atoms with Crippen LogP contribution in [0.4, 0.5) is 5.69 Å². The second kappa shape index (κ2) is 7.47. The molecule has 0 bridgehead atoms. The van der Waals surface area contributed by atoms with Crippen LogP contribution in [0.1, 0.15) is 29.3 Å². The van der Waals surface area contributed by atoms with E-state index in [1.807, 2.05) is 31.2 Å². The van der Waals surface area contributed by atoms with Gasteiger partial charge in [0.15, 0.2) is 6.10 Å². The molecular weight excluding hydrogens is 334 g/mol. The Hall–Kier alpha value is -3.02. The lowest BCUT2D eigenvalue weighted by atomic mass is 10.1. The minimum absolute atomic E-state index is 0.132. The van der Waals surface area contributed by atoms with Gasteiger partial charge in [0.05, 0.1) is 17.9 Å². The van der Waals surface area contributed by atoms with Gasteiger partial charge in [0, 0.05) is 6.54 Å². The third-order valence-corrected chi connectivity index (χ3v) is 4.20. The molecule has 26 heavy (non-hydrogen) atoms. The number of aromatic carboxylic acids is 1. The van der Waals surface area contributed by atoms with Crippen molar-refractivity contribution in [2.24, 2.45) is 0 Å². The van der Waals surface area contributed by atoms with Crippen LogP contribution in [-0.4, -0.2) is 36.2 Å². The number of carboxylic acids is 1. The van der Waals surface area contributed by atoms with Crippen molar-refractivity contribution in [2.75, 3.05) is 18.1 Å². The number of amides is 1. The highest BCUT2D eigenvalue weighted by atomic mass is 16.5. The SMILES string of the molecule is Cc1cccc(OCCCN2C(=O)C(C)Oc3cc(C(=O)O)ccc32)c1. The number of hydrogen-bond acceptors (Lipinski definition) is 4. The van der Waals surface area contributed by atoms with E-state index < -0.39 is 12.1 Å². The first-order chi connectivity index (χ1) is 12.5. The predicted molar refractivity (Wildman–Crippen MR) is 97.1 cm³/mol.